The van der Waals surface area contributed by atoms with Gasteiger partial charge in [-0.25, -0.2) is 4.79 Å². The topological polar surface area (TPSA) is 55.4 Å². The van der Waals surface area contributed by atoms with Gasteiger partial charge in [0.1, 0.15) is 5.54 Å². The molecular formula is C12H17NO3S. The summed E-state index contributed by atoms with van der Waals surface area (Å²) >= 11 is 1.44. The van der Waals surface area contributed by atoms with Gasteiger partial charge in [-0.15, -0.1) is 0 Å². The van der Waals surface area contributed by atoms with E-state index in [1.54, 1.807) is 18.4 Å². The van der Waals surface area contributed by atoms with Gasteiger partial charge in [0.2, 0.25) is 0 Å². The zero-order valence-electron chi connectivity index (χ0n) is 10.3. The highest BCUT2D eigenvalue weighted by Gasteiger charge is 2.35. The van der Waals surface area contributed by atoms with Crippen molar-refractivity contribution in [2.45, 2.75) is 32.2 Å². The van der Waals surface area contributed by atoms with E-state index in [4.69, 9.17) is 4.74 Å². The summed E-state index contributed by atoms with van der Waals surface area (Å²) in [7, 11) is 1.33. The van der Waals surface area contributed by atoms with E-state index in [0.717, 1.165) is 6.42 Å². The maximum Gasteiger partial charge on any atom is 0.331 e. The van der Waals surface area contributed by atoms with Gasteiger partial charge in [-0.2, -0.15) is 11.3 Å². The summed E-state index contributed by atoms with van der Waals surface area (Å²) in [5.74, 6) is -0.657. The van der Waals surface area contributed by atoms with E-state index in [0.29, 0.717) is 12.0 Å². The fourth-order valence-corrected chi connectivity index (χ4v) is 2.29. The van der Waals surface area contributed by atoms with E-state index in [2.05, 4.69) is 5.32 Å². The highest BCUT2D eigenvalue weighted by molar-refractivity contribution is 7.08. The van der Waals surface area contributed by atoms with Crippen LogP contribution in [0.1, 0.15) is 37.0 Å². The second-order valence-corrected chi connectivity index (χ2v) is 4.82. The molecule has 0 aromatic carbocycles. The first kappa shape index (κ1) is 13.7. The van der Waals surface area contributed by atoms with Gasteiger partial charge in [-0.05, 0) is 24.8 Å². The molecule has 1 rings (SSSR count). The Balaban J connectivity index is 2.80. The number of hydrogen-bond acceptors (Lipinski definition) is 4. The molecule has 0 spiro atoms. The quantitative estimate of drug-likeness (QED) is 0.821. The lowest BCUT2D eigenvalue weighted by atomic mass is 9.96. The van der Waals surface area contributed by atoms with Crippen LogP contribution in [0.5, 0.6) is 0 Å². The van der Waals surface area contributed by atoms with Crippen LogP contribution in [0.15, 0.2) is 16.8 Å². The molecule has 0 saturated heterocycles. The Morgan fingerprint density at radius 1 is 1.53 bits per heavy atom. The molecule has 0 aliphatic heterocycles. The summed E-state index contributed by atoms with van der Waals surface area (Å²) in [6.45, 7) is 3.64. The molecule has 1 aromatic rings. The molecule has 1 aromatic heterocycles. The largest absolute Gasteiger partial charge is 0.467 e. The van der Waals surface area contributed by atoms with Gasteiger partial charge in [-0.3, -0.25) is 4.79 Å². The zero-order valence-corrected chi connectivity index (χ0v) is 11.1. The van der Waals surface area contributed by atoms with Crippen molar-refractivity contribution in [3.63, 3.8) is 0 Å². The summed E-state index contributed by atoms with van der Waals surface area (Å²) < 4.78 is 4.74. The third kappa shape index (κ3) is 3.30. The SMILES string of the molecule is CCCC(C)(NC(=O)c1ccsc1)C(=O)OC. The van der Waals surface area contributed by atoms with Crippen molar-refractivity contribution >= 4 is 23.2 Å². The van der Waals surface area contributed by atoms with E-state index in [1.165, 1.54) is 18.4 Å². The maximum absolute atomic E-state index is 11.9. The average molecular weight is 255 g/mol. The third-order valence-electron chi connectivity index (χ3n) is 2.56. The Morgan fingerprint density at radius 3 is 2.71 bits per heavy atom. The molecular weight excluding hydrogens is 238 g/mol. The number of amides is 1. The molecule has 0 aliphatic rings. The molecule has 1 heterocycles. The number of carbonyl (C=O) groups excluding carboxylic acids is 2. The van der Waals surface area contributed by atoms with Crippen LogP contribution in [0.4, 0.5) is 0 Å². The first-order valence-electron chi connectivity index (χ1n) is 5.46. The van der Waals surface area contributed by atoms with Crippen LogP contribution in [0.25, 0.3) is 0 Å². The Hall–Kier alpha value is -1.36. The van der Waals surface area contributed by atoms with E-state index in [1.807, 2.05) is 12.3 Å². The maximum atomic E-state index is 11.9. The van der Waals surface area contributed by atoms with Crippen LogP contribution in [0.2, 0.25) is 0 Å². The molecule has 0 aliphatic carbocycles. The molecule has 1 amide bonds. The Kier molecular flexibility index (Phi) is 4.69. The number of esters is 1. The van der Waals surface area contributed by atoms with Crippen LogP contribution in [0.3, 0.4) is 0 Å². The molecule has 4 nitrogen and oxygen atoms in total. The van der Waals surface area contributed by atoms with Crippen molar-refractivity contribution < 1.29 is 14.3 Å². The van der Waals surface area contributed by atoms with Crippen molar-refractivity contribution in [1.82, 2.24) is 5.32 Å². The first-order chi connectivity index (χ1) is 8.03. The van der Waals surface area contributed by atoms with Gasteiger partial charge in [0.05, 0.1) is 12.7 Å². The predicted octanol–water partition coefficient (Wildman–Crippen LogP) is 2.21. The van der Waals surface area contributed by atoms with Crippen LogP contribution < -0.4 is 5.32 Å². The molecule has 1 atom stereocenters. The van der Waals surface area contributed by atoms with Crippen LogP contribution in [0, 0.1) is 0 Å². The molecule has 0 fully saturated rings. The fourth-order valence-electron chi connectivity index (χ4n) is 1.66. The molecule has 0 radical (unpaired) electrons. The summed E-state index contributed by atoms with van der Waals surface area (Å²) in [6.07, 6.45) is 1.34. The number of rotatable bonds is 5. The minimum Gasteiger partial charge on any atom is -0.467 e. The minimum atomic E-state index is -0.956. The van der Waals surface area contributed by atoms with Crippen molar-refractivity contribution in [1.29, 1.82) is 0 Å². The van der Waals surface area contributed by atoms with E-state index in [-0.39, 0.29) is 5.91 Å². The number of methoxy groups -OCH3 is 1. The molecule has 17 heavy (non-hydrogen) atoms. The Bertz CT molecular complexity index is 388. The van der Waals surface area contributed by atoms with E-state index < -0.39 is 11.5 Å². The summed E-state index contributed by atoms with van der Waals surface area (Å²) in [5, 5.41) is 6.31. The summed E-state index contributed by atoms with van der Waals surface area (Å²) in [4.78, 5) is 23.6. The van der Waals surface area contributed by atoms with Crippen molar-refractivity contribution in [3.05, 3.63) is 22.4 Å². The molecule has 1 unspecified atom stereocenters. The van der Waals surface area contributed by atoms with Crippen LogP contribution in [-0.4, -0.2) is 24.5 Å². The number of carbonyl (C=O) groups is 2. The predicted molar refractivity (Wildman–Crippen MR) is 67.1 cm³/mol. The fraction of sp³-hybridized carbons (Fsp3) is 0.500. The van der Waals surface area contributed by atoms with Crippen LogP contribution >= 0.6 is 11.3 Å². The monoisotopic (exact) mass is 255 g/mol. The number of ether oxygens (including phenoxy) is 1. The van der Waals surface area contributed by atoms with Gasteiger partial charge < -0.3 is 10.1 Å². The second kappa shape index (κ2) is 5.82. The van der Waals surface area contributed by atoms with Gasteiger partial charge in [0.25, 0.3) is 5.91 Å². The molecule has 0 bridgehead atoms. The van der Waals surface area contributed by atoms with Gasteiger partial charge in [0, 0.05) is 5.38 Å². The van der Waals surface area contributed by atoms with Crippen molar-refractivity contribution in [2.75, 3.05) is 7.11 Å². The smallest absolute Gasteiger partial charge is 0.331 e. The van der Waals surface area contributed by atoms with Crippen molar-refractivity contribution in [3.8, 4) is 0 Å². The van der Waals surface area contributed by atoms with Gasteiger partial charge >= 0.3 is 5.97 Å². The van der Waals surface area contributed by atoms with E-state index >= 15 is 0 Å². The van der Waals surface area contributed by atoms with Crippen molar-refractivity contribution in [2.24, 2.45) is 0 Å². The normalized spacial score (nSPS) is 13.8. The van der Waals surface area contributed by atoms with Gasteiger partial charge in [0.15, 0.2) is 0 Å². The standard InChI is InChI=1S/C12H17NO3S/c1-4-6-12(2,11(15)16-3)13-10(14)9-5-7-17-8-9/h5,7-8H,4,6H2,1-3H3,(H,13,14). The molecule has 5 heteroatoms. The number of nitrogens with one attached hydrogen (secondary N) is 1. The lowest BCUT2D eigenvalue weighted by Gasteiger charge is -2.27. The van der Waals surface area contributed by atoms with Gasteiger partial charge in [-0.1, -0.05) is 13.3 Å². The average Bonchev–Trinajstić information content (AvgIpc) is 2.81. The highest BCUT2D eigenvalue weighted by Crippen LogP contribution is 2.16. The first-order valence-corrected chi connectivity index (χ1v) is 6.41. The Morgan fingerprint density at radius 2 is 2.24 bits per heavy atom. The lowest BCUT2D eigenvalue weighted by molar-refractivity contribution is -0.147. The molecule has 1 N–H and O–H groups in total. The number of thiophene rings is 1. The highest BCUT2D eigenvalue weighted by atomic mass is 32.1. The van der Waals surface area contributed by atoms with E-state index in [9.17, 15) is 9.59 Å². The molecule has 94 valence electrons. The third-order valence-corrected chi connectivity index (χ3v) is 3.24. The Labute approximate surface area is 105 Å². The minimum absolute atomic E-state index is 0.243. The van der Waals surface area contributed by atoms with Crippen LogP contribution in [-0.2, 0) is 9.53 Å². The number of hydrogen-bond donors (Lipinski definition) is 1. The summed E-state index contributed by atoms with van der Waals surface area (Å²) in [6, 6.07) is 1.73. The molecule has 0 saturated carbocycles. The second-order valence-electron chi connectivity index (χ2n) is 4.04. The summed E-state index contributed by atoms with van der Waals surface area (Å²) in [5.41, 5.74) is -0.385. The lowest BCUT2D eigenvalue weighted by Crippen LogP contribution is -2.52. The zero-order chi connectivity index (χ0) is 12.9.